The molecule has 0 atom stereocenters. The maximum absolute atomic E-state index is 4.73. The summed E-state index contributed by atoms with van der Waals surface area (Å²) in [6.07, 6.45) is 1.78. The van der Waals surface area contributed by atoms with Gasteiger partial charge in [-0.25, -0.2) is 4.98 Å². The third-order valence-electron chi connectivity index (χ3n) is 3.24. The van der Waals surface area contributed by atoms with E-state index in [0.29, 0.717) is 0 Å². The molecule has 0 spiro atoms. The van der Waals surface area contributed by atoms with Crippen molar-refractivity contribution in [2.75, 3.05) is 11.4 Å². The van der Waals surface area contributed by atoms with Crippen molar-refractivity contribution in [3.05, 3.63) is 72.9 Å². The number of nitrogens with zero attached hydrogens (tertiary/aromatic N) is 3. The van der Waals surface area contributed by atoms with Gasteiger partial charge in [0.25, 0.3) is 0 Å². The van der Waals surface area contributed by atoms with Crippen LogP contribution in [0.25, 0.3) is 11.4 Å². The van der Waals surface area contributed by atoms with Gasteiger partial charge in [-0.1, -0.05) is 17.8 Å². The molecule has 0 unspecified atom stereocenters. The monoisotopic (exact) mass is 469 g/mol. The standard InChI is InChI=1S/C18H16N3.Pt/c1-2-21(15-9-4-3-5-10-15)18-13-8-12-17(20-18)16-11-6-7-14-19-16;/h3-9,11-14H,2H2,1H3;/q-1;. The average molecular weight is 469 g/mol. The zero-order chi connectivity index (χ0) is 14.5. The predicted octanol–water partition coefficient (Wildman–Crippen LogP) is 4.10. The van der Waals surface area contributed by atoms with Gasteiger partial charge in [-0.2, -0.15) is 24.3 Å². The van der Waals surface area contributed by atoms with E-state index in [0.717, 1.165) is 29.4 Å². The molecule has 3 aromatic rings. The molecule has 1 aromatic carbocycles. The van der Waals surface area contributed by atoms with Crippen LogP contribution in [0.2, 0.25) is 0 Å². The third kappa shape index (κ3) is 3.61. The van der Waals surface area contributed by atoms with Crippen molar-refractivity contribution in [1.82, 2.24) is 9.97 Å². The summed E-state index contributed by atoms with van der Waals surface area (Å²) in [6, 6.07) is 23.0. The van der Waals surface area contributed by atoms with Crippen molar-refractivity contribution in [1.29, 1.82) is 0 Å². The van der Waals surface area contributed by atoms with Crippen LogP contribution in [0.1, 0.15) is 6.92 Å². The summed E-state index contributed by atoms with van der Waals surface area (Å²) in [6.45, 7) is 2.94. The molecule has 3 rings (SSSR count). The van der Waals surface area contributed by atoms with Gasteiger partial charge in [0, 0.05) is 33.8 Å². The fourth-order valence-corrected chi connectivity index (χ4v) is 2.24. The number of pyridine rings is 2. The van der Waals surface area contributed by atoms with Gasteiger partial charge < -0.3 is 4.90 Å². The number of benzene rings is 1. The Labute approximate surface area is 145 Å². The molecule has 0 saturated heterocycles. The molecule has 3 nitrogen and oxygen atoms in total. The van der Waals surface area contributed by atoms with E-state index in [2.05, 4.69) is 22.9 Å². The van der Waals surface area contributed by atoms with Gasteiger partial charge in [-0.05, 0) is 31.2 Å². The molecule has 114 valence electrons. The van der Waals surface area contributed by atoms with Crippen molar-refractivity contribution in [2.45, 2.75) is 6.92 Å². The van der Waals surface area contributed by atoms with E-state index in [-0.39, 0.29) is 21.1 Å². The zero-order valence-electron chi connectivity index (χ0n) is 12.2. The number of para-hydroxylation sites is 1. The second-order valence-electron chi connectivity index (χ2n) is 4.59. The molecule has 0 fully saturated rings. The Bertz CT molecular complexity index is 702. The van der Waals surface area contributed by atoms with Crippen LogP contribution in [-0.2, 0) is 21.1 Å². The van der Waals surface area contributed by atoms with Crippen LogP contribution in [0.15, 0.2) is 66.9 Å². The van der Waals surface area contributed by atoms with Crippen LogP contribution < -0.4 is 4.90 Å². The van der Waals surface area contributed by atoms with E-state index in [1.54, 1.807) is 6.20 Å². The van der Waals surface area contributed by atoms with Crippen LogP contribution in [0.5, 0.6) is 0 Å². The van der Waals surface area contributed by atoms with Gasteiger partial charge in [0.15, 0.2) is 0 Å². The Hall–Kier alpha value is -1.99. The molecule has 0 aliphatic rings. The van der Waals surface area contributed by atoms with Gasteiger partial charge in [0.05, 0.1) is 11.4 Å². The first-order valence-electron chi connectivity index (χ1n) is 7.01. The molecule has 0 amide bonds. The number of hydrogen-bond acceptors (Lipinski definition) is 3. The van der Waals surface area contributed by atoms with Gasteiger partial charge in [-0.15, -0.1) is 6.07 Å². The zero-order valence-corrected chi connectivity index (χ0v) is 14.5. The van der Waals surface area contributed by atoms with E-state index in [1.165, 1.54) is 0 Å². The molecule has 0 bridgehead atoms. The Morgan fingerprint density at radius 1 is 0.955 bits per heavy atom. The third-order valence-corrected chi connectivity index (χ3v) is 3.24. The molecular formula is C18H16N3Pt-. The molecule has 22 heavy (non-hydrogen) atoms. The Balaban J connectivity index is 0.00000176. The minimum atomic E-state index is 0. The van der Waals surface area contributed by atoms with E-state index in [4.69, 9.17) is 4.98 Å². The van der Waals surface area contributed by atoms with Gasteiger partial charge >= 0.3 is 0 Å². The molecule has 0 aliphatic carbocycles. The average Bonchev–Trinajstić information content (AvgIpc) is 2.58. The number of anilines is 2. The minimum absolute atomic E-state index is 0. The van der Waals surface area contributed by atoms with Gasteiger partial charge in [0.1, 0.15) is 5.82 Å². The van der Waals surface area contributed by atoms with Crippen LogP contribution >= 0.6 is 0 Å². The Morgan fingerprint density at radius 3 is 2.45 bits per heavy atom. The SMILES string of the molecule is CCN(c1[c-]cccc1)c1cccc(-c2ccccn2)n1.[Pt]. The fourth-order valence-electron chi connectivity index (χ4n) is 2.24. The smallest absolute Gasteiger partial charge is 0.131 e. The molecule has 4 heteroatoms. The summed E-state index contributed by atoms with van der Waals surface area (Å²) in [7, 11) is 0. The quantitative estimate of drug-likeness (QED) is 0.539. The molecule has 0 saturated carbocycles. The van der Waals surface area contributed by atoms with E-state index < -0.39 is 0 Å². The van der Waals surface area contributed by atoms with Crippen molar-refractivity contribution in [3.8, 4) is 11.4 Å². The summed E-state index contributed by atoms with van der Waals surface area (Å²) in [5.41, 5.74) is 2.78. The first-order valence-corrected chi connectivity index (χ1v) is 7.01. The summed E-state index contributed by atoms with van der Waals surface area (Å²) in [4.78, 5) is 11.2. The van der Waals surface area contributed by atoms with Gasteiger partial charge in [-0.3, -0.25) is 4.98 Å². The van der Waals surface area contributed by atoms with Gasteiger partial charge in [0.2, 0.25) is 0 Å². The molecule has 2 aromatic heterocycles. The number of aromatic nitrogens is 2. The summed E-state index contributed by atoms with van der Waals surface area (Å²) in [5, 5.41) is 0. The van der Waals surface area contributed by atoms with Crippen LogP contribution in [0.4, 0.5) is 11.5 Å². The van der Waals surface area contributed by atoms with Crippen LogP contribution in [0, 0.1) is 6.07 Å². The molecule has 0 radical (unpaired) electrons. The predicted molar refractivity (Wildman–Crippen MR) is 85.4 cm³/mol. The minimum Gasteiger partial charge on any atom is -0.350 e. The van der Waals surface area contributed by atoms with E-state index >= 15 is 0 Å². The number of hydrogen-bond donors (Lipinski definition) is 0. The fraction of sp³-hybridized carbons (Fsp3) is 0.111. The second kappa shape index (κ2) is 7.86. The van der Waals surface area contributed by atoms with E-state index in [9.17, 15) is 0 Å². The second-order valence-corrected chi connectivity index (χ2v) is 4.59. The molecule has 0 aliphatic heterocycles. The summed E-state index contributed by atoms with van der Waals surface area (Å²) >= 11 is 0. The van der Waals surface area contributed by atoms with Crippen molar-refractivity contribution in [3.63, 3.8) is 0 Å². The topological polar surface area (TPSA) is 29.0 Å². The summed E-state index contributed by atoms with van der Waals surface area (Å²) < 4.78 is 0. The molecular weight excluding hydrogens is 453 g/mol. The first kappa shape index (κ1) is 16.4. The summed E-state index contributed by atoms with van der Waals surface area (Å²) in [5.74, 6) is 0.906. The van der Waals surface area contributed by atoms with Crippen LogP contribution in [0.3, 0.4) is 0 Å². The Morgan fingerprint density at radius 2 is 1.77 bits per heavy atom. The molecule has 2 heterocycles. The van der Waals surface area contributed by atoms with Crippen molar-refractivity contribution in [2.24, 2.45) is 0 Å². The Kier molecular flexibility index (Phi) is 5.85. The largest absolute Gasteiger partial charge is 0.350 e. The normalized spacial score (nSPS) is 9.86. The number of rotatable bonds is 4. The maximum atomic E-state index is 4.73. The van der Waals surface area contributed by atoms with Crippen LogP contribution in [-0.4, -0.2) is 16.5 Å². The molecule has 0 N–H and O–H groups in total. The first-order chi connectivity index (χ1) is 10.4. The van der Waals surface area contributed by atoms with Crippen molar-refractivity contribution >= 4 is 11.5 Å². The van der Waals surface area contributed by atoms with Crippen molar-refractivity contribution < 1.29 is 21.1 Å². The van der Waals surface area contributed by atoms with E-state index in [1.807, 2.05) is 60.7 Å². The maximum Gasteiger partial charge on any atom is 0.131 e.